The van der Waals surface area contributed by atoms with E-state index in [-0.39, 0.29) is 41.0 Å². The van der Waals surface area contributed by atoms with Crippen molar-refractivity contribution in [3.05, 3.63) is 143 Å². The number of aliphatic hydroxyl groups excluding tert-OH is 1. The second kappa shape index (κ2) is 15.6. The van der Waals surface area contributed by atoms with Crippen LogP contribution in [-0.4, -0.2) is 60.8 Å². The van der Waals surface area contributed by atoms with Crippen LogP contribution in [0.4, 0.5) is 0 Å². The van der Waals surface area contributed by atoms with E-state index in [9.17, 15) is 5.11 Å². The van der Waals surface area contributed by atoms with Gasteiger partial charge in [-0.05, 0) is 65.3 Å². The summed E-state index contributed by atoms with van der Waals surface area (Å²) in [4.78, 5) is 33.0. The van der Waals surface area contributed by atoms with Crippen LogP contribution < -0.4 is 14.2 Å². The first-order valence-corrected chi connectivity index (χ1v) is 22.4. The lowest BCUT2D eigenvalue weighted by Crippen LogP contribution is -2.65. The van der Waals surface area contributed by atoms with Crippen molar-refractivity contribution in [2.24, 2.45) is 11.8 Å². The predicted molar refractivity (Wildman–Crippen MR) is 220 cm³/mol. The van der Waals surface area contributed by atoms with Crippen LogP contribution in [0.2, 0.25) is 18.1 Å². The fourth-order valence-electron chi connectivity index (χ4n) is 8.42. The zero-order chi connectivity index (χ0) is 40.7. The molecule has 0 saturated heterocycles. The van der Waals surface area contributed by atoms with Crippen molar-refractivity contribution in [1.29, 1.82) is 0 Å². The molecule has 0 bridgehead atoms. The summed E-state index contributed by atoms with van der Waals surface area (Å²) >= 11 is 0. The number of ketones is 2. The molecule has 3 aliphatic carbocycles. The van der Waals surface area contributed by atoms with Crippen molar-refractivity contribution >= 4 is 19.9 Å². The molecule has 1 aromatic heterocycles. The van der Waals surface area contributed by atoms with E-state index in [1.54, 1.807) is 25.3 Å². The number of nitrogens with zero attached hydrogens (tertiary/aromatic N) is 2. The molecule has 4 atom stereocenters. The Morgan fingerprint density at radius 3 is 2.09 bits per heavy atom. The van der Waals surface area contributed by atoms with Gasteiger partial charge in [0.1, 0.15) is 36.0 Å². The minimum absolute atomic E-state index is 0.000704. The molecule has 0 spiro atoms. The monoisotopic (exact) mass is 788 g/mol. The van der Waals surface area contributed by atoms with E-state index < -0.39 is 43.4 Å². The number of aromatic nitrogens is 1. The van der Waals surface area contributed by atoms with E-state index in [1.165, 1.54) is 0 Å². The molecule has 0 radical (unpaired) electrons. The van der Waals surface area contributed by atoms with Crippen LogP contribution in [0, 0.1) is 11.8 Å². The number of fused-ring (bicyclic) bond motifs is 4. The number of benzene rings is 3. The SMILES string of the molecule is C=CCN(CC=C)[C@@H]1c2onc(OCc3ccccc3)c2C(=O)C2(O[Si](C)(C)C(C)(C)C)C(O)=C3C(=O)c4c(OCc5ccccc5)ccc(OC)c4C[C@H]3C[C@@H]12. The lowest BCUT2D eigenvalue weighted by atomic mass is 9.58. The molecule has 0 aliphatic heterocycles. The smallest absolute Gasteiger partial charge is 0.265 e. The molecule has 0 saturated carbocycles. The highest BCUT2D eigenvalue weighted by Gasteiger charge is 2.67. The Hall–Kier alpha value is -5.23. The van der Waals surface area contributed by atoms with Gasteiger partial charge in [0.15, 0.2) is 25.5 Å². The Labute approximate surface area is 335 Å². The van der Waals surface area contributed by atoms with Gasteiger partial charge >= 0.3 is 0 Å². The Balaban J connectivity index is 1.45. The van der Waals surface area contributed by atoms with Crippen molar-refractivity contribution in [3.63, 3.8) is 0 Å². The van der Waals surface area contributed by atoms with Gasteiger partial charge in [0.25, 0.3) is 5.88 Å². The Kier molecular flexibility index (Phi) is 10.9. The highest BCUT2D eigenvalue weighted by atomic mass is 28.4. The van der Waals surface area contributed by atoms with E-state index >= 15 is 9.59 Å². The minimum atomic E-state index is -2.93. The van der Waals surface area contributed by atoms with Crippen molar-refractivity contribution < 1.29 is 37.9 Å². The summed E-state index contributed by atoms with van der Waals surface area (Å²) < 4.78 is 31.9. The third kappa shape index (κ3) is 6.95. The van der Waals surface area contributed by atoms with Crippen LogP contribution in [0.1, 0.15) is 76.4 Å². The van der Waals surface area contributed by atoms with E-state index in [1.807, 2.05) is 79.8 Å². The fourth-order valence-corrected chi connectivity index (χ4v) is 9.87. The van der Waals surface area contributed by atoms with Crippen LogP contribution >= 0.6 is 0 Å². The van der Waals surface area contributed by atoms with Gasteiger partial charge in [-0.3, -0.25) is 14.5 Å². The number of carbonyl (C=O) groups excluding carboxylic acids is 2. The van der Waals surface area contributed by atoms with Gasteiger partial charge in [0.05, 0.1) is 18.7 Å². The number of hydrogen-bond acceptors (Lipinski definition) is 10. The third-order valence-corrected chi connectivity index (χ3v) is 16.6. The Morgan fingerprint density at radius 2 is 1.51 bits per heavy atom. The third-order valence-electron chi connectivity index (χ3n) is 12.1. The molecule has 11 heteroatoms. The van der Waals surface area contributed by atoms with Crippen molar-refractivity contribution in [2.75, 3.05) is 20.2 Å². The molecular formula is C46H52N2O8Si. The number of aliphatic hydroxyl groups is 1. The molecule has 1 N–H and O–H groups in total. The average Bonchev–Trinajstić information content (AvgIpc) is 3.61. The predicted octanol–water partition coefficient (Wildman–Crippen LogP) is 9.40. The Morgan fingerprint density at radius 1 is 0.912 bits per heavy atom. The molecule has 298 valence electrons. The van der Waals surface area contributed by atoms with E-state index in [4.69, 9.17) is 23.2 Å². The number of ether oxygens (including phenoxy) is 3. The molecule has 3 aliphatic rings. The van der Waals surface area contributed by atoms with Crippen molar-refractivity contribution in [2.45, 2.75) is 76.6 Å². The normalized spacial score (nSPS) is 21.6. The van der Waals surface area contributed by atoms with Crippen LogP contribution in [0.3, 0.4) is 0 Å². The number of Topliss-reactive ketones (excluding diaryl/α,β-unsaturated/α-hetero) is 2. The molecule has 0 fully saturated rings. The number of hydrogen-bond donors (Lipinski definition) is 1. The topological polar surface area (TPSA) is 121 Å². The number of allylic oxidation sites excluding steroid dienone is 1. The molecule has 1 unspecified atom stereocenters. The first-order valence-electron chi connectivity index (χ1n) is 19.5. The first kappa shape index (κ1) is 40.0. The maximum absolute atomic E-state index is 15.7. The Bertz CT molecular complexity index is 2200. The maximum atomic E-state index is 15.7. The standard InChI is InChI=1S/C46H52N2O8Si/c1-9-23-48(24-10-2)39-33-26-31-25-32-34(52-6)21-22-35(53-27-29-17-13-11-14-18-29)37(32)40(49)36(31)42(50)46(33,56-57(7,8)45(3,4)5)43(51)38-41(39)55-47-44(38)54-28-30-19-15-12-16-20-30/h9-22,31,33,39,50H,1-2,23-28H2,3-8H3/t31-,33-,39-,46?/m0/s1. The summed E-state index contributed by atoms with van der Waals surface area (Å²) in [6.45, 7) is 19.6. The summed E-state index contributed by atoms with van der Waals surface area (Å²) in [6, 6.07) is 22.2. The van der Waals surface area contributed by atoms with Crippen LogP contribution in [0.25, 0.3) is 0 Å². The summed E-state index contributed by atoms with van der Waals surface area (Å²) in [5.41, 5.74) is 1.06. The highest BCUT2D eigenvalue weighted by molar-refractivity contribution is 6.74. The summed E-state index contributed by atoms with van der Waals surface area (Å²) in [7, 11) is -1.35. The highest BCUT2D eigenvalue weighted by Crippen LogP contribution is 2.60. The first-order chi connectivity index (χ1) is 27.3. The van der Waals surface area contributed by atoms with Crippen LogP contribution in [-0.2, 0) is 24.1 Å². The molecule has 0 amide bonds. The zero-order valence-corrected chi connectivity index (χ0v) is 34.7. The maximum Gasteiger partial charge on any atom is 0.265 e. The molecule has 1 heterocycles. The summed E-state index contributed by atoms with van der Waals surface area (Å²) in [5.74, 6) is -1.32. The molecule has 57 heavy (non-hydrogen) atoms. The fraction of sp³-hybridized carbons (Fsp3) is 0.370. The van der Waals surface area contributed by atoms with E-state index in [2.05, 4.69) is 44.0 Å². The van der Waals surface area contributed by atoms with Gasteiger partial charge < -0.3 is 28.3 Å². The van der Waals surface area contributed by atoms with Gasteiger partial charge in [-0.2, -0.15) is 0 Å². The van der Waals surface area contributed by atoms with Gasteiger partial charge in [0, 0.05) is 30.1 Å². The lowest BCUT2D eigenvalue weighted by molar-refractivity contribution is -0.0525. The molecular weight excluding hydrogens is 737 g/mol. The van der Waals surface area contributed by atoms with Gasteiger partial charge in [-0.1, -0.05) is 93.6 Å². The number of rotatable bonds is 14. The van der Waals surface area contributed by atoms with Crippen molar-refractivity contribution in [1.82, 2.24) is 10.1 Å². The van der Waals surface area contributed by atoms with Gasteiger partial charge in [-0.25, -0.2) is 0 Å². The summed E-state index contributed by atoms with van der Waals surface area (Å²) in [5, 5.41) is 17.1. The molecule has 7 rings (SSSR count). The second-order valence-corrected chi connectivity index (χ2v) is 21.4. The second-order valence-electron chi connectivity index (χ2n) is 16.6. The summed E-state index contributed by atoms with van der Waals surface area (Å²) in [6.07, 6.45) is 4.23. The van der Waals surface area contributed by atoms with Gasteiger partial charge in [0.2, 0.25) is 5.78 Å². The molecule has 10 nitrogen and oxygen atoms in total. The largest absolute Gasteiger partial charge is 0.508 e. The van der Waals surface area contributed by atoms with Crippen LogP contribution in [0.5, 0.6) is 17.4 Å². The molecule has 4 aromatic rings. The number of methoxy groups -OCH3 is 1. The van der Waals surface area contributed by atoms with Crippen molar-refractivity contribution in [3.8, 4) is 17.4 Å². The minimum Gasteiger partial charge on any atom is -0.508 e. The lowest BCUT2D eigenvalue weighted by Gasteiger charge is -2.55. The van der Waals surface area contributed by atoms with E-state index in [0.717, 1.165) is 11.1 Å². The molecule has 3 aromatic carbocycles. The van der Waals surface area contributed by atoms with E-state index in [0.29, 0.717) is 54.3 Å². The van der Waals surface area contributed by atoms with Gasteiger partial charge in [-0.15, -0.1) is 13.2 Å². The number of carbonyl (C=O) groups is 2. The average molecular weight is 789 g/mol. The zero-order valence-electron chi connectivity index (χ0n) is 33.7. The van der Waals surface area contributed by atoms with Crippen LogP contribution in [0.15, 0.2) is 114 Å². The quantitative estimate of drug-likeness (QED) is 0.0978.